The lowest BCUT2D eigenvalue weighted by molar-refractivity contribution is -0.144. The van der Waals surface area contributed by atoms with E-state index >= 15 is 0 Å². The summed E-state index contributed by atoms with van der Waals surface area (Å²) in [5.74, 6) is 0.0253. The number of benzene rings is 1. The van der Waals surface area contributed by atoms with Crippen molar-refractivity contribution >= 4 is 5.97 Å². The Morgan fingerprint density at radius 1 is 1.35 bits per heavy atom. The third-order valence-electron chi connectivity index (χ3n) is 2.59. The van der Waals surface area contributed by atoms with E-state index in [1.807, 2.05) is 19.9 Å². The Bertz CT molecular complexity index is 373. The molecule has 0 saturated heterocycles. The normalized spacial score (nSPS) is 12.2. The van der Waals surface area contributed by atoms with E-state index in [2.05, 4.69) is 0 Å². The summed E-state index contributed by atoms with van der Waals surface area (Å²) in [6.07, 6.45) is 0. The maximum Gasteiger partial charge on any atom is 0.310 e. The molecular weight excluding hydrogens is 220 g/mol. The molecule has 4 heteroatoms. The highest BCUT2D eigenvalue weighted by Crippen LogP contribution is 2.20. The zero-order valence-electron chi connectivity index (χ0n) is 10.3. The Morgan fingerprint density at radius 2 is 2.00 bits per heavy atom. The van der Waals surface area contributed by atoms with Crippen LogP contribution < -0.4 is 9.47 Å². The van der Waals surface area contributed by atoms with Gasteiger partial charge in [0.05, 0.1) is 13.0 Å². The minimum atomic E-state index is -0.831. The van der Waals surface area contributed by atoms with Gasteiger partial charge in [-0.3, -0.25) is 4.79 Å². The topological polar surface area (TPSA) is 55.8 Å². The number of carboxylic acid groups (broad SMARTS) is 1. The molecule has 1 unspecified atom stereocenters. The standard InChI is InChI=1S/C13H18O4/c1-9(2)12(13(14)15)8-17-11-6-4-5-10(7-11)16-3/h4-7,9,12H,8H2,1-3H3,(H,14,15). The third-order valence-corrected chi connectivity index (χ3v) is 2.59. The van der Waals surface area contributed by atoms with Crippen molar-refractivity contribution in [1.29, 1.82) is 0 Å². The Labute approximate surface area is 101 Å². The number of hydrogen-bond acceptors (Lipinski definition) is 3. The summed E-state index contributed by atoms with van der Waals surface area (Å²) >= 11 is 0. The lowest BCUT2D eigenvalue weighted by Crippen LogP contribution is -2.26. The first kappa shape index (κ1) is 13.4. The van der Waals surface area contributed by atoms with Crippen LogP contribution in [0.5, 0.6) is 11.5 Å². The molecule has 94 valence electrons. The summed E-state index contributed by atoms with van der Waals surface area (Å²) in [5.41, 5.74) is 0. The van der Waals surface area contributed by atoms with Gasteiger partial charge in [0.2, 0.25) is 0 Å². The fourth-order valence-electron chi connectivity index (χ4n) is 1.43. The Balaban J connectivity index is 2.62. The highest BCUT2D eigenvalue weighted by molar-refractivity contribution is 5.70. The second-order valence-corrected chi connectivity index (χ2v) is 4.18. The minimum absolute atomic E-state index is 0.0399. The predicted molar refractivity (Wildman–Crippen MR) is 64.5 cm³/mol. The van der Waals surface area contributed by atoms with Crippen LogP contribution in [-0.2, 0) is 4.79 Å². The summed E-state index contributed by atoms with van der Waals surface area (Å²) in [6, 6.07) is 7.13. The van der Waals surface area contributed by atoms with Crippen LogP contribution in [0, 0.1) is 11.8 Å². The van der Waals surface area contributed by atoms with Crippen molar-refractivity contribution in [3.05, 3.63) is 24.3 Å². The van der Waals surface area contributed by atoms with Gasteiger partial charge in [0.25, 0.3) is 0 Å². The van der Waals surface area contributed by atoms with Crippen LogP contribution in [0.4, 0.5) is 0 Å². The fraction of sp³-hybridized carbons (Fsp3) is 0.462. The molecular formula is C13H18O4. The maximum atomic E-state index is 11.0. The Morgan fingerprint density at radius 3 is 2.53 bits per heavy atom. The van der Waals surface area contributed by atoms with Crippen LogP contribution in [0.2, 0.25) is 0 Å². The number of hydrogen-bond donors (Lipinski definition) is 1. The van der Waals surface area contributed by atoms with Crippen molar-refractivity contribution in [2.45, 2.75) is 13.8 Å². The van der Waals surface area contributed by atoms with E-state index in [0.29, 0.717) is 11.5 Å². The van der Waals surface area contributed by atoms with Crippen molar-refractivity contribution in [3.8, 4) is 11.5 Å². The molecule has 0 radical (unpaired) electrons. The fourth-order valence-corrected chi connectivity index (χ4v) is 1.43. The first-order valence-corrected chi connectivity index (χ1v) is 5.54. The Hall–Kier alpha value is -1.71. The van der Waals surface area contributed by atoms with E-state index in [-0.39, 0.29) is 12.5 Å². The summed E-state index contributed by atoms with van der Waals surface area (Å²) in [7, 11) is 1.58. The second kappa shape index (κ2) is 6.13. The average Bonchev–Trinajstić information content (AvgIpc) is 2.28. The number of ether oxygens (including phenoxy) is 2. The molecule has 0 aromatic heterocycles. The zero-order valence-corrected chi connectivity index (χ0v) is 10.3. The van der Waals surface area contributed by atoms with Gasteiger partial charge in [-0.2, -0.15) is 0 Å². The zero-order chi connectivity index (χ0) is 12.8. The quantitative estimate of drug-likeness (QED) is 0.827. The van der Waals surface area contributed by atoms with Crippen LogP contribution in [0.3, 0.4) is 0 Å². The van der Waals surface area contributed by atoms with E-state index in [1.54, 1.807) is 25.3 Å². The van der Waals surface area contributed by atoms with E-state index < -0.39 is 11.9 Å². The van der Waals surface area contributed by atoms with Gasteiger partial charge in [-0.15, -0.1) is 0 Å². The van der Waals surface area contributed by atoms with Crippen LogP contribution >= 0.6 is 0 Å². The van der Waals surface area contributed by atoms with Crippen LogP contribution in [-0.4, -0.2) is 24.8 Å². The first-order valence-electron chi connectivity index (χ1n) is 5.54. The van der Waals surface area contributed by atoms with Gasteiger partial charge in [-0.1, -0.05) is 19.9 Å². The number of carboxylic acids is 1. The lowest BCUT2D eigenvalue weighted by atomic mass is 9.97. The number of methoxy groups -OCH3 is 1. The number of aliphatic carboxylic acids is 1. The maximum absolute atomic E-state index is 11.0. The summed E-state index contributed by atoms with van der Waals surface area (Å²) < 4.78 is 10.5. The van der Waals surface area contributed by atoms with Crippen LogP contribution in [0.25, 0.3) is 0 Å². The molecule has 0 fully saturated rings. The molecule has 17 heavy (non-hydrogen) atoms. The van der Waals surface area contributed by atoms with E-state index in [9.17, 15) is 4.79 Å². The molecule has 0 saturated carbocycles. The lowest BCUT2D eigenvalue weighted by Gasteiger charge is -2.17. The number of carbonyl (C=O) groups is 1. The monoisotopic (exact) mass is 238 g/mol. The molecule has 0 bridgehead atoms. The van der Waals surface area contributed by atoms with E-state index in [1.165, 1.54) is 0 Å². The molecule has 1 N–H and O–H groups in total. The molecule has 4 nitrogen and oxygen atoms in total. The molecule has 1 atom stereocenters. The molecule has 1 rings (SSSR count). The number of rotatable bonds is 6. The Kier molecular flexibility index (Phi) is 4.82. The molecule has 1 aromatic carbocycles. The SMILES string of the molecule is COc1cccc(OCC(C(=O)O)C(C)C)c1. The minimum Gasteiger partial charge on any atom is -0.497 e. The molecule has 0 aliphatic heterocycles. The van der Waals surface area contributed by atoms with Crippen molar-refractivity contribution < 1.29 is 19.4 Å². The highest BCUT2D eigenvalue weighted by Gasteiger charge is 2.22. The van der Waals surface area contributed by atoms with E-state index in [0.717, 1.165) is 0 Å². The van der Waals surface area contributed by atoms with Crippen LogP contribution in [0.1, 0.15) is 13.8 Å². The summed E-state index contributed by atoms with van der Waals surface area (Å²) in [5, 5.41) is 9.02. The second-order valence-electron chi connectivity index (χ2n) is 4.18. The van der Waals surface area contributed by atoms with Crippen molar-refractivity contribution in [2.75, 3.05) is 13.7 Å². The summed E-state index contributed by atoms with van der Waals surface area (Å²) in [6.45, 7) is 3.90. The smallest absolute Gasteiger partial charge is 0.310 e. The molecule has 0 amide bonds. The highest BCUT2D eigenvalue weighted by atomic mass is 16.5. The average molecular weight is 238 g/mol. The summed E-state index contributed by atoms with van der Waals surface area (Å²) in [4.78, 5) is 11.0. The van der Waals surface area contributed by atoms with Gasteiger partial charge in [0, 0.05) is 6.07 Å². The molecule has 0 spiro atoms. The molecule has 1 aromatic rings. The van der Waals surface area contributed by atoms with E-state index in [4.69, 9.17) is 14.6 Å². The first-order chi connectivity index (χ1) is 8.04. The van der Waals surface area contributed by atoms with Gasteiger partial charge >= 0.3 is 5.97 Å². The molecule has 0 heterocycles. The van der Waals surface area contributed by atoms with Gasteiger partial charge in [0.15, 0.2) is 0 Å². The van der Waals surface area contributed by atoms with Gasteiger partial charge < -0.3 is 14.6 Å². The van der Waals surface area contributed by atoms with Crippen molar-refractivity contribution in [3.63, 3.8) is 0 Å². The molecule has 0 aliphatic carbocycles. The predicted octanol–water partition coefficient (Wildman–Crippen LogP) is 2.43. The van der Waals surface area contributed by atoms with Crippen molar-refractivity contribution in [2.24, 2.45) is 11.8 Å². The van der Waals surface area contributed by atoms with Crippen molar-refractivity contribution in [1.82, 2.24) is 0 Å². The van der Waals surface area contributed by atoms with Gasteiger partial charge in [0.1, 0.15) is 18.1 Å². The molecule has 0 aliphatic rings. The largest absolute Gasteiger partial charge is 0.497 e. The van der Waals surface area contributed by atoms with Gasteiger partial charge in [-0.05, 0) is 18.1 Å². The van der Waals surface area contributed by atoms with Crippen LogP contribution in [0.15, 0.2) is 24.3 Å². The van der Waals surface area contributed by atoms with Gasteiger partial charge in [-0.25, -0.2) is 0 Å². The third kappa shape index (κ3) is 3.98.